The second kappa shape index (κ2) is 5.85. The van der Waals surface area contributed by atoms with Gasteiger partial charge in [-0.05, 0) is 25.3 Å². The lowest BCUT2D eigenvalue weighted by Crippen LogP contribution is -2.10. The Morgan fingerprint density at radius 1 is 1.31 bits per heavy atom. The number of hydrogen-bond donors (Lipinski definition) is 1. The summed E-state index contributed by atoms with van der Waals surface area (Å²) in [5.74, 6) is 0.516. The number of hydrogen-bond acceptors (Lipinski definition) is 2. The van der Waals surface area contributed by atoms with Gasteiger partial charge in [0.15, 0.2) is 11.6 Å². The van der Waals surface area contributed by atoms with E-state index in [-0.39, 0.29) is 11.9 Å². The zero-order valence-electron chi connectivity index (χ0n) is 10.2. The van der Waals surface area contributed by atoms with Crippen LogP contribution in [0.25, 0.3) is 0 Å². The average molecular weight is 225 g/mol. The number of rotatable bonds is 5. The summed E-state index contributed by atoms with van der Waals surface area (Å²) < 4.78 is 19.0. The number of halogens is 1. The maximum atomic E-state index is 13.6. The molecule has 0 fully saturated rings. The van der Waals surface area contributed by atoms with Crippen molar-refractivity contribution in [1.82, 2.24) is 0 Å². The molecule has 90 valence electrons. The van der Waals surface area contributed by atoms with Crippen LogP contribution in [0.3, 0.4) is 0 Å². The maximum Gasteiger partial charge on any atom is 0.165 e. The molecular formula is C13H20FNO. The van der Waals surface area contributed by atoms with Crippen molar-refractivity contribution >= 4 is 0 Å². The molecule has 0 saturated carbocycles. The minimum Gasteiger partial charge on any atom is -0.490 e. The van der Waals surface area contributed by atoms with Gasteiger partial charge in [-0.2, -0.15) is 0 Å². The Labute approximate surface area is 96.6 Å². The topological polar surface area (TPSA) is 35.2 Å². The zero-order valence-corrected chi connectivity index (χ0v) is 10.2. The monoisotopic (exact) mass is 225 g/mol. The van der Waals surface area contributed by atoms with Crippen LogP contribution in [0, 0.1) is 11.7 Å². The molecule has 0 aliphatic carbocycles. The maximum absolute atomic E-state index is 13.6. The molecule has 0 spiro atoms. The van der Waals surface area contributed by atoms with Gasteiger partial charge >= 0.3 is 0 Å². The lowest BCUT2D eigenvalue weighted by atomic mass is 10.1. The van der Waals surface area contributed by atoms with E-state index in [0.29, 0.717) is 18.3 Å². The van der Waals surface area contributed by atoms with Gasteiger partial charge in [0.2, 0.25) is 0 Å². The number of benzene rings is 1. The van der Waals surface area contributed by atoms with E-state index in [0.717, 1.165) is 12.0 Å². The summed E-state index contributed by atoms with van der Waals surface area (Å²) in [5.41, 5.74) is 6.49. The molecule has 1 rings (SSSR count). The average Bonchev–Trinajstić information content (AvgIpc) is 2.19. The molecule has 1 aromatic rings. The fourth-order valence-electron chi connectivity index (χ4n) is 1.43. The molecule has 0 aromatic heterocycles. The lowest BCUT2D eigenvalue weighted by Gasteiger charge is -2.15. The molecule has 16 heavy (non-hydrogen) atoms. The first-order valence-electron chi connectivity index (χ1n) is 5.69. The van der Waals surface area contributed by atoms with Crippen molar-refractivity contribution in [3.05, 3.63) is 29.6 Å². The van der Waals surface area contributed by atoms with Crippen molar-refractivity contribution in [1.29, 1.82) is 0 Å². The Morgan fingerprint density at radius 2 is 2.00 bits per heavy atom. The van der Waals surface area contributed by atoms with Crippen LogP contribution in [0.15, 0.2) is 18.2 Å². The summed E-state index contributed by atoms with van der Waals surface area (Å²) in [5, 5.41) is 0. The van der Waals surface area contributed by atoms with E-state index in [9.17, 15) is 4.39 Å². The molecule has 2 N–H and O–H groups in total. The van der Waals surface area contributed by atoms with Crippen LogP contribution in [0.2, 0.25) is 0 Å². The van der Waals surface area contributed by atoms with Crippen LogP contribution in [0.1, 0.15) is 38.8 Å². The highest BCUT2D eigenvalue weighted by atomic mass is 19.1. The van der Waals surface area contributed by atoms with E-state index in [1.54, 1.807) is 12.1 Å². The van der Waals surface area contributed by atoms with Gasteiger partial charge in [-0.3, -0.25) is 0 Å². The van der Waals surface area contributed by atoms with Crippen LogP contribution in [0.5, 0.6) is 5.75 Å². The first-order valence-corrected chi connectivity index (χ1v) is 5.69. The van der Waals surface area contributed by atoms with E-state index in [1.165, 1.54) is 6.07 Å². The molecule has 0 amide bonds. The minimum absolute atomic E-state index is 0.218. The molecule has 1 aromatic carbocycles. The van der Waals surface area contributed by atoms with Gasteiger partial charge in [0.1, 0.15) is 0 Å². The predicted molar refractivity (Wildman–Crippen MR) is 64.0 cm³/mol. The Bertz CT molecular complexity index is 337. The van der Waals surface area contributed by atoms with Gasteiger partial charge in [-0.1, -0.05) is 26.0 Å². The van der Waals surface area contributed by atoms with Crippen molar-refractivity contribution in [3.63, 3.8) is 0 Å². The zero-order chi connectivity index (χ0) is 12.1. The Kier molecular flexibility index (Phi) is 4.74. The first-order chi connectivity index (χ1) is 7.52. The van der Waals surface area contributed by atoms with Gasteiger partial charge in [0.25, 0.3) is 0 Å². The normalized spacial score (nSPS) is 12.9. The van der Waals surface area contributed by atoms with Gasteiger partial charge in [-0.15, -0.1) is 0 Å². The summed E-state index contributed by atoms with van der Waals surface area (Å²) >= 11 is 0. The molecule has 3 heteroatoms. The van der Waals surface area contributed by atoms with Crippen molar-refractivity contribution in [2.75, 3.05) is 6.61 Å². The Hall–Kier alpha value is -1.09. The summed E-state index contributed by atoms with van der Waals surface area (Å²) in [6, 6.07) is 4.64. The standard InChI is InChI=1S/C13H20FNO/c1-9(2)7-8-16-13-11(10(3)15)5-4-6-12(13)14/h4-6,9-10H,7-8,15H2,1-3H3. The van der Waals surface area contributed by atoms with E-state index < -0.39 is 0 Å². The van der Waals surface area contributed by atoms with Crippen LogP contribution >= 0.6 is 0 Å². The molecule has 1 unspecified atom stereocenters. The quantitative estimate of drug-likeness (QED) is 0.834. The lowest BCUT2D eigenvalue weighted by molar-refractivity contribution is 0.273. The Morgan fingerprint density at radius 3 is 2.56 bits per heavy atom. The number of ether oxygens (including phenoxy) is 1. The molecule has 0 aliphatic rings. The van der Waals surface area contributed by atoms with E-state index in [1.807, 2.05) is 6.92 Å². The highest BCUT2D eigenvalue weighted by molar-refractivity contribution is 5.36. The van der Waals surface area contributed by atoms with Crippen LogP contribution in [0.4, 0.5) is 4.39 Å². The van der Waals surface area contributed by atoms with Gasteiger partial charge in [0.05, 0.1) is 6.61 Å². The molecule has 0 aliphatic heterocycles. The molecular weight excluding hydrogens is 205 g/mol. The van der Waals surface area contributed by atoms with E-state index in [4.69, 9.17) is 10.5 Å². The van der Waals surface area contributed by atoms with Crippen LogP contribution < -0.4 is 10.5 Å². The third kappa shape index (κ3) is 3.49. The van der Waals surface area contributed by atoms with E-state index in [2.05, 4.69) is 13.8 Å². The fraction of sp³-hybridized carbons (Fsp3) is 0.538. The summed E-state index contributed by atoms with van der Waals surface area (Å²) in [6.45, 7) is 6.57. The molecule has 2 nitrogen and oxygen atoms in total. The molecule has 0 heterocycles. The van der Waals surface area contributed by atoms with E-state index >= 15 is 0 Å². The minimum atomic E-state index is -0.335. The molecule has 0 bridgehead atoms. The van der Waals surface area contributed by atoms with Crippen molar-refractivity contribution in [2.45, 2.75) is 33.2 Å². The van der Waals surface area contributed by atoms with Crippen LogP contribution in [-0.4, -0.2) is 6.61 Å². The largest absolute Gasteiger partial charge is 0.490 e. The summed E-state index contributed by atoms with van der Waals surface area (Å²) in [6.07, 6.45) is 0.909. The van der Waals surface area contributed by atoms with Gasteiger partial charge < -0.3 is 10.5 Å². The third-order valence-electron chi connectivity index (χ3n) is 2.43. The van der Waals surface area contributed by atoms with Gasteiger partial charge in [0, 0.05) is 11.6 Å². The summed E-state index contributed by atoms with van der Waals surface area (Å²) in [7, 11) is 0. The molecule has 1 atom stereocenters. The van der Waals surface area contributed by atoms with Gasteiger partial charge in [-0.25, -0.2) is 4.39 Å². The molecule has 0 saturated heterocycles. The SMILES string of the molecule is CC(C)CCOc1c(F)cccc1C(C)N. The number of para-hydroxylation sites is 1. The smallest absolute Gasteiger partial charge is 0.165 e. The highest BCUT2D eigenvalue weighted by Gasteiger charge is 2.12. The predicted octanol–water partition coefficient (Wildman–Crippen LogP) is 3.27. The second-order valence-electron chi connectivity index (χ2n) is 4.48. The highest BCUT2D eigenvalue weighted by Crippen LogP contribution is 2.27. The van der Waals surface area contributed by atoms with Crippen molar-refractivity contribution < 1.29 is 9.13 Å². The van der Waals surface area contributed by atoms with Crippen molar-refractivity contribution in [3.8, 4) is 5.75 Å². The first kappa shape index (κ1) is 13.0. The Balaban J connectivity index is 2.76. The molecule has 0 radical (unpaired) electrons. The fourth-order valence-corrected chi connectivity index (χ4v) is 1.43. The van der Waals surface area contributed by atoms with Crippen molar-refractivity contribution in [2.24, 2.45) is 11.7 Å². The second-order valence-corrected chi connectivity index (χ2v) is 4.48. The third-order valence-corrected chi connectivity index (χ3v) is 2.43. The van der Waals surface area contributed by atoms with Crippen LogP contribution in [-0.2, 0) is 0 Å². The number of nitrogens with two attached hydrogens (primary N) is 1. The summed E-state index contributed by atoms with van der Waals surface area (Å²) in [4.78, 5) is 0.